The maximum atomic E-state index is 12.1. The van der Waals surface area contributed by atoms with Crippen LogP contribution in [0.2, 0.25) is 0 Å². The van der Waals surface area contributed by atoms with Gasteiger partial charge in [-0.15, -0.1) is 0 Å². The van der Waals surface area contributed by atoms with Gasteiger partial charge in [0, 0.05) is 25.6 Å². The molecule has 0 N–H and O–H groups in total. The molecule has 0 aliphatic carbocycles. The largest absolute Gasteiger partial charge is 0.448 e. The molecular weight excluding hydrogens is 308 g/mol. The zero-order valence-corrected chi connectivity index (χ0v) is 16.1. The van der Waals surface area contributed by atoms with Crippen molar-refractivity contribution in [2.45, 2.75) is 53.6 Å². The van der Waals surface area contributed by atoms with E-state index in [4.69, 9.17) is 14.2 Å². The molecule has 1 aliphatic rings. The fraction of sp³-hybridized carbons (Fsp3) is 0.889. The first kappa shape index (κ1) is 20.9. The second-order valence-electron chi connectivity index (χ2n) is 7.59. The molecule has 0 spiro atoms. The Morgan fingerprint density at radius 3 is 2.38 bits per heavy atom. The van der Waals surface area contributed by atoms with Crippen molar-refractivity contribution in [3.05, 3.63) is 0 Å². The molecule has 0 aromatic rings. The van der Waals surface area contributed by atoms with Crippen molar-refractivity contribution < 1.29 is 19.0 Å². The van der Waals surface area contributed by atoms with E-state index in [1.54, 1.807) is 7.11 Å². The fourth-order valence-corrected chi connectivity index (χ4v) is 2.54. The van der Waals surface area contributed by atoms with Crippen molar-refractivity contribution >= 4 is 11.9 Å². The van der Waals surface area contributed by atoms with Crippen LogP contribution >= 0.6 is 0 Å². The summed E-state index contributed by atoms with van der Waals surface area (Å²) in [5, 5.41) is 0. The Morgan fingerprint density at radius 2 is 1.83 bits per heavy atom. The average molecular weight is 342 g/mol. The number of hydrogen-bond donors (Lipinski definition) is 0. The Kier molecular flexibility index (Phi) is 8.70. The maximum absolute atomic E-state index is 12.1. The third kappa shape index (κ3) is 7.62. The Morgan fingerprint density at radius 1 is 1.21 bits per heavy atom. The molecule has 24 heavy (non-hydrogen) atoms. The summed E-state index contributed by atoms with van der Waals surface area (Å²) < 4.78 is 16.0. The number of aliphatic imine (C=N–C) groups is 1. The monoisotopic (exact) mass is 342 g/mol. The van der Waals surface area contributed by atoms with Crippen LogP contribution in [0.5, 0.6) is 0 Å². The first-order valence-corrected chi connectivity index (χ1v) is 8.85. The normalized spacial score (nSPS) is 19.1. The predicted molar refractivity (Wildman–Crippen MR) is 95.5 cm³/mol. The quantitative estimate of drug-likeness (QED) is 0.547. The van der Waals surface area contributed by atoms with Crippen LogP contribution in [0.3, 0.4) is 0 Å². The zero-order chi connectivity index (χ0) is 18.2. The van der Waals surface area contributed by atoms with E-state index in [1.165, 1.54) is 0 Å². The van der Waals surface area contributed by atoms with Gasteiger partial charge in [-0.1, -0.05) is 27.7 Å². The van der Waals surface area contributed by atoms with Gasteiger partial charge in [0.1, 0.15) is 5.84 Å². The van der Waals surface area contributed by atoms with Crippen LogP contribution in [0.4, 0.5) is 4.79 Å². The van der Waals surface area contributed by atoms with Crippen LogP contribution in [-0.4, -0.2) is 63.0 Å². The van der Waals surface area contributed by atoms with Gasteiger partial charge in [0.15, 0.2) is 0 Å². The van der Waals surface area contributed by atoms with Crippen molar-refractivity contribution in [3.8, 4) is 0 Å². The smallest absolute Gasteiger partial charge is 0.435 e. The number of nitrogens with zero attached hydrogens (tertiary/aromatic N) is 2. The van der Waals surface area contributed by atoms with E-state index >= 15 is 0 Å². The number of carbonyl (C=O) groups is 1. The molecule has 6 heteroatoms. The van der Waals surface area contributed by atoms with Gasteiger partial charge in [-0.3, -0.25) is 0 Å². The summed E-state index contributed by atoms with van der Waals surface area (Å²) in [7, 11) is 1.71. The van der Waals surface area contributed by atoms with Gasteiger partial charge in [0.25, 0.3) is 0 Å². The average Bonchev–Trinajstić information content (AvgIpc) is 2.55. The minimum atomic E-state index is -0.502. The Balaban J connectivity index is 2.55. The number of hydrogen-bond acceptors (Lipinski definition) is 4. The molecule has 1 rings (SSSR count). The second-order valence-corrected chi connectivity index (χ2v) is 7.59. The first-order chi connectivity index (χ1) is 11.2. The molecule has 0 aromatic heterocycles. The van der Waals surface area contributed by atoms with Gasteiger partial charge in [-0.2, -0.15) is 4.99 Å². The van der Waals surface area contributed by atoms with Crippen molar-refractivity contribution in [1.29, 1.82) is 0 Å². The van der Waals surface area contributed by atoms with E-state index < -0.39 is 6.09 Å². The minimum Gasteiger partial charge on any atom is -0.448 e. The lowest BCUT2D eigenvalue weighted by molar-refractivity contribution is 0.0640. The van der Waals surface area contributed by atoms with Crippen LogP contribution in [-0.2, 0) is 14.2 Å². The maximum Gasteiger partial charge on any atom is 0.435 e. The summed E-state index contributed by atoms with van der Waals surface area (Å²) in [5.41, 5.74) is -0.212. The number of amidine groups is 1. The SMILES string of the molecule is COC(C)CCC(C)COC(=O)/N=C(\N1CCOCC1)C(C)(C)C. The Labute approximate surface area is 146 Å². The summed E-state index contributed by atoms with van der Waals surface area (Å²) in [6.07, 6.45) is 1.65. The standard InChI is InChI=1S/C18H34N2O4/c1-14(7-8-15(2)22-6)13-24-17(21)19-16(18(3,4)5)20-9-11-23-12-10-20/h14-15H,7-13H2,1-6H3/b19-16-. The van der Waals surface area contributed by atoms with Crippen molar-refractivity contribution in [3.63, 3.8) is 0 Å². The Bertz CT molecular complexity index is 412. The Hall–Kier alpha value is -1.14. The predicted octanol–water partition coefficient (Wildman–Crippen LogP) is 3.35. The van der Waals surface area contributed by atoms with Crippen molar-refractivity contribution in [1.82, 2.24) is 4.90 Å². The number of ether oxygens (including phenoxy) is 3. The van der Waals surface area contributed by atoms with Gasteiger partial charge in [0.2, 0.25) is 0 Å². The minimum absolute atomic E-state index is 0.212. The number of methoxy groups -OCH3 is 1. The van der Waals surface area contributed by atoms with Crippen molar-refractivity contribution in [2.24, 2.45) is 16.3 Å². The van der Waals surface area contributed by atoms with E-state index in [1.807, 2.05) is 6.92 Å². The lowest BCUT2D eigenvalue weighted by atomic mass is 9.93. The lowest BCUT2D eigenvalue weighted by Gasteiger charge is -2.35. The summed E-state index contributed by atoms with van der Waals surface area (Å²) >= 11 is 0. The molecule has 0 aromatic carbocycles. The molecule has 2 atom stereocenters. The summed E-state index contributed by atoms with van der Waals surface area (Å²) in [6.45, 7) is 13.5. The fourth-order valence-electron chi connectivity index (χ4n) is 2.54. The first-order valence-electron chi connectivity index (χ1n) is 8.85. The number of amides is 1. The van der Waals surface area contributed by atoms with Gasteiger partial charge in [-0.05, 0) is 25.7 Å². The molecule has 0 saturated carbocycles. The van der Waals surface area contributed by atoms with E-state index in [0.717, 1.165) is 31.8 Å². The van der Waals surface area contributed by atoms with E-state index in [2.05, 4.69) is 37.6 Å². The van der Waals surface area contributed by atoms with Crippen LogP contribution < -0.4 is 0 Å². The molecule has 1 amide bonds. The highest BCUT2D eigenvalue weighted by Gasteiger charge is 2.27. The highest BCUT2D eigenvalue weighted by molar-refractivity contribution is 5.95. The van der Waals surface area contributed by atoms with E-state index in [9.17, 15) is 4.79 Å². The van der Waals surface area contributed by atoms with E-state index in [0.29, 0.717) is 25.7 Å². The molecule has 1 aliphatic heterocycles. The zero-order valence-electron chi connectivity index (χ0n) is 16.1. The third-order valence-electron chi connectivity index (χ3n) is 4.14. The van der Waals surface area contributed by atoms with Crippen molar-refractivity contribution in [2.75, 3.05) is 40.0 Å². The molecule has 0 bridgehead atoms. The summed E-state index contributed by atoms with van der Waals surface area (Å²) in [6, 6.07) is 0. The second kappa shape index (κ2) is 9.99. The molecule has 6 nitrogen and oxygen atoms in total. The van der Waals surface area contributed by atoms with Gasteiger partial charge in [0.05, 0.1) is 25.9 Å². The van der Waals surface area contributed by atoms with Crippen LogP contribution in [0, 0.1) is 11.3 Å². The van der Waals surface area contributed by atoms with Crippen LogP contribution in [0.1, 0.15) is 47.5 Å². The van der Waals surface area contributed by atoms with Gasteiger partial charge >= 0.3 is 6.09 Å². The molecule has 0 radical (unpaired) electrons. The lowest BCUT2D eigenvalue weighted by Crippen LogP contribution is -2.46. The number of rotatable bonds is 6. The highest BCUT2D eigenvalue weighted by Crippen LogP contribution is 2.21. The summed E-state index contributed by atoms with van der Waals surface area (Å²) in [5.74, 6) is 1.07. The van der Waals surface area contributed by atoms with Gasteiger partial charge in [-0.25, -0.2) is 4.79 Å². The highest BCUT2D eigenvalue weighted by atomic mass is 16.5. The molecule has 1 heterocycles. The number of morpholine rings is 1. The van der Waals surface area contributed by atoms with Crippen LogP contribution in [0.15, 0.2) is 4.99 Å². The third-order valence-corrected chi connectivity index (χ3v) is 4.14. The molecule has 1 saturated heterocycles. The molecule has 140 valence electrons. The molecule has 1 fully saturated rings. The van der Waals surface area contributed by atoms with Crippen LogP contribution in [0.25, 0.3) is 0 Å². The summed E-state index contributed by atoms with van der Waals surface area (Å²) in [4.78, 5) is 18.5. The number of carbonyl (C=O) groups excluding carboxylic acids is 1. The molecule has 2 unspecified atom stereocenters. The topological polar surface area (TPSA) is 60.4 Å². The molecular formula is C18H34N2O4. The van der Waals surface area contributed by atoms with E-state index in [-0.39, 0.29) is 11.5 Å². The van der Waals surface area contributed by atoms with Gasteiger partial charge < -0.3 is 19.1 Å².